The van der Waals surface area contributed by atoms with Crippen molar-refractivity contribution >= 4 is 15.8 Å². The third-order valence-electron chi connectivity index (χ3n) is 5.07. The van der Waals surface area contributed by atoms with Crippen LogP contribution in [0.15, 0.2) is 34.3 Å². The number of hydrazone groups is 1. The van der Waals surface area contributed by atoms with Gasteiger partial charge in [0.1, 0.15) is 6.10 Å². The summed E-state index contributed by atoms with van der Waals surface area (Å²) in [5.41, 5.74) is 4.20. The van der Waals surface area contributed by atoms with Crippen LogP contribution in [-0.2, 0) is 19.1 Å². The van der Waals surface area contributed by atoms with Crippen LogP contribution in [0.1, 0.15) is 31.2 Å². The first-order valence-corrected chi connectivity index (χ1v) is 9.45. The predicted octanol–water partition coefficient (Wildman–Crippen LogP) is 2.15. The van der Waals surface area contributed by atoms with Crippen molar-refractivity contribution in [2.45, 2.75) is 49.7 Å². The summed E-state index contributed by atoms with van der Waals surface area (Å²) in [6.45, 7) is 1.90. The Bertz CT molecular complexity index is 729. The highest BCUT2D eigenvalue weighted by Gasteiger charge is 2.60. The number of aryl methyl sites for hydroxylation is 1. The first kappa shape index (κ1) is 15.1. The molecule has 1 heterocycles. The first-order chi connectivity index (χ1) is 11.1. The van der Waals surface area contributed by atoms with E-state index in [-0.39, 0.29) is 17.1 Å². The van der Waals surface area contributed by atoms with Crippen molar-refractivity contribution in [3.63, 3.8) is 0 Å². The summed E-state index contributed by atoms with van der Waals surface area (Å²) in [5, 5.41) is 4.20. The highest BCUT2D eigenvalue weighted by atomic mass is 32.2. The first-order valence-electron chi connectivity index (χ1n) is 8.04. The van der Waals surface area contributed by atoms with Crippen LogP contribution >= 0.6 is 0 Å². The van der Waals surface area contributed by atoms with E-state index in [2.05, 4.69) is 10.7 Å². The van der Waals surface area contributed by atoms with Crippen LogP contribution in [0.5, 0.6) is 0 Å². The molecule has 0 aromatic heterocycles. The average molecular weight is 336 g/mol. The van der Waals surface area contributed by atoms with Gasteiger partial charge in [0.05, 0.1) is 16.7 Å². The number of benzene rings is 1. The van der Waals surface area contributed by atoms with Gasteiger partial charge in [-0.25, -0.2) is 0 Å². The molecule has 1 aliphatic heterocycles. The average Bonchev–Trinajstić information content (AvgIpc) is 3.27. The Morgan fingerprint density at radius 2 is 1.96 bits per heavy atom. The second-order valence-electron chi connectivity index (χ2n) is 6.55. The molecule has 4 atom stereocenters. The number of nitrogens with zero attached hydrogens (tertiary/aromatic N) is 1. The SMILES string of the molecule is Cc1ccc(S(=O)(=O)ONN=C2C3OC3[C@@H]3CCCC[C@H]23)cc1. The standard InChI is InChI=1S/C16H20N2O4S/c1-10-6-8-11(9-7-10)23(19,20)22-18-17-14-12-4-2-3-5-13(12)15-16(14)21-15/h6-9,12-13,15-16,18H,2-5H2,1H3/t12-,13+,15?,16?/m0/s1. The molecule has 1 N–H and O–H groups in total. The molecule has 0 radical (unpaired) electrons. The summed E-state index contributed by atoms with van der Waals surface area (Å²) in [6, 6.07) is 6.50. The zero-order valence-electron chi connectivity index (χ0n) is 12.9. The van der Waals surface area contributed by atoms with Gasteiger partial charge in [-0.3, -0.25) is 0 Å². The van der Waals surface area contributed by atoms with Gasteiger partial charge in [0.2, 0.25) is 0 Å². The van der Waals surface area contributed by atoms with Gasteiger partial charge >= 0.3 is 10.1 Å². The van der Waals surface area contributed by atoms with E-state index >= 15 is 0 Å². The summed E-state index contributed by atoms with van der Waals surface area (Å²) in [5.74, 6) is 0.952. The molecule has 6 nitrogen and oxygen atoms in total. The Labute approximate surface area is 135 Å². The van der Waals surface area contributed by atoms with Gasteiger partial charge in [0.25, 0.3) is 0 Å². The Morgan fingerprint density at radius 1 is 1.22 bits per heavy atom. The summed E-state index contributed by atoms with van der Waals surface area (Å²) < 4.78 is 34.7. The van der Waals surface area contributed by atoms with Gasteiger partial charge in [0, 0.05) is 5.92 Å². The minimum absolute atomic E-state index is 0.0567. The van der Waals surface area contributed by atoms with Crippen LogP contribution in [0.3, 0.4) is 0 Å². The summed E-state index contributed by atoms with van der Waals surface area (Å²) >= 11 is 0. The highest BCUT2D eigenvalue weighted by molar-refractivity contribution is 7.86. The van der Waals surface area contributed by atoms with E-state index in [1.54, 1.807) is 12.1 Å². The maximum Gasteiger partial charge on any atom is 0.318 e. The molecule has 1 saturated heterocycles. The predicted molar refractivity (Wildman–Crippen MR) is 84.1 cm³/mol. The van der Waals surface area contributed by atoms with E-state index in [0.29, 0.717) is 11.8 Å². The van der Waals surface area contributed by atoms with Crippen molar-refractivity contribution in [2.24, 2.45) is 16.9 Å². The molecule has 3 fully saturated rings. The molecule has 1 aromatic carbocycles. The molecule has 23 heavy (non-hydrogen) atoms. The van der Waals surface area contributed by atoms with E-state index in [1.807, 2.05) is 6.92 Å². The fourth-order valence-electron chi connectivity index (χ4n) is 3.84. The lowest BCUT2D eigenvalue weighted by Crippen LogP contribution is -2.27. The quantitative estimate of drug-likeness (QED) is 0.673. The number of ether oxygens (including phenoxy) is 1. The Morgan fingerprint density at radius 3 is 2.74 bits per heavy atom. The smallest absolute Gasteiger partial charge is 0.318 e. The number of hydrogen-bond acceptors (Lipinski definition) is 6. The molecule has 2 unspecified atom stereocenters. The molecule has 2 aliphatic carbocycles. The van der Waals surface area contributed by atoms with Gasteiger partial charge in [0.15, 0.2) is 0 Å². The highest BCUT2D eigenvalue weighted by Crippen LogP contribution is 2.51. The normalized spacial score (nSPS) is 34.0. The molecule has 4 rings (SSSR count). The van der Waals surface area contributed by atoms with Crippen molar-refractivity contribution in [2.75, 3.05) is 0 Å². The molecule has 0 bridgehead atoms. The van der Waals surface area contributed by atoms with Crippen molar-refractivity contribution in [3.8, 4) is 0 Å². The molecule has 0 spiro atoms. The molecule has 7 heteroatoms. The van der Waals surface area contributed by atoms with Gasteiger partial charge < -0.3 is 4.74 Å². The van der Waals surface area contributed by atoms with E-state index in [4.69, 9.17) is 9.02 Å². The van der Waals surface area contributed by atoms with Gasteiger partial charge in [-0.1, -0.05) is 30.5 Å². The van der Waals surface area contributed by atoms with Crippen molar-refractivity contribution in [3.05, 3.63) is 29.8 Å². The summed E-state index contributed by atoms with van der Waals surface area (Å²) in [7, 11) is -3.86. The summed E-state index contributed by atoms with van der Waals surface area (Å²) in [6.07, 6.45) is 5.06. The third-order valence-corrected chi connectivity index (χ3v) is 6.21. The maximum absolute atomic E-state index is 12.1. The zero-order valence-corrected chi connectivity index (χ0v) is 13.8. The van der Waals surface area contributed by atoms with Gasteiger partial charge in [-0.2, -0.15) is 19.1 Å². The van der Waals surface area contributed by atoms with Crippen LogP contribution in [0.4, 0.5) is 0 Å². The second kappa shape index (κ2) is 5.58. The third kappa shape index (κ3) is 2.77. The lowest BCUT2D eigenvalue weighted by molar-refractivity contribution is 0.196. The fourth-order valence-corrected chi connectivity index (χ4v) is 4.54. The van der Waals surface area contributed by atoms with Crippen molar-refractivity contribution in [1.82, 2.24) is 5.59 Å². The minimum atomic E-state index is -3.86. The Kier molecular flexibility index (Phi) is 3.66. The fraction of sp³-hybridized carbons (Fsp3) is 0.562. The van der Waals surface area contributed by atoms with Crippen LogP contribution in [0.25, 0.3) is 0 Å². The van der Waals surface area contributed by atoms with Crippen LogP contribution in [0, 0.1) is 18.8 Å². The van der Waals surface area contributed by atoms with Gasteiger partial charge in [-0.15, -0.1) is 4.28 Å². The number of hydrogen-bond donors (Lipinski definition) is 1. The molecule has 124 valence electrons. The lowest BCUT2D eigenvalue weighted by atomic mass is 9.80. The van der Waals surface area contributed by atoms with E-state index in [9.17, 15) is 8.42 Å². The Hall–Kier alpha value is -1.44. The largest absolute Gasteiger partial charge is 0.363 e. The van der Waals surface area contributed by atoms with Crippen LogP contribution in [0.2, 0.25) is 0 Å². The molecule has 3 aliphatic rings. The minimum Gasteiger partial charge on any atom is -0.363 e. The van der Waals surface area contributed by atoms with Crippen LogP contribution < -0.4 is 5.59 Å². The maximum atomic E-state index is 12.1. The lowest BCUT2D eigenvalue weighted by Gasteiger charge is -2.26. The van der Waals surface area contributed by atoms with E-state index < -0.39 is 10.1 Å². The number of epoxide rings is 1. The Balaban J connectivity index is 1.44. The van der Waals surface area contributed by atoms with E-state index in [1.165, 1.54) is 31.4 Å². The number of nitrogens with one attached hydrogen (secondary N) is 1. The molecular weight excluding hydrogens is 316 g/mol. The topological polar surface area (TPSA) is 80.3 Å². The molecule has 1 aromatic rings. The van der Waals surface area contributed by atoms with Crippen LogP contribution in [-0.4, -0.2) is 26.3 Å². The van der Waals surface area contributed by atoms with Gasteiger partial charge in [-0.05, 0) is 37.8 Å². The molecular formula is C16H20N2O4S. The van der Waals surface area contributed by atoms with Crippen molar-refractivity contribution in [1.29, 1.82) is 0 Å². The summed E-state index contributed by atoms with van der Waals surface area (Å²) in [4.78, 5) is 0.110. The van der Waals surface area contributed by atoms with Crippen molar-refractivity contribution < 1.29 is 17.4 Å². The number of rotatable bonds is 4. The molecule has 0 amide bonds. The second-order valence-corrected chi connectivity index (χ2v) is 8.10. The van der Waals surface area contributed by atoms with E-state index in [0.717, 1.165) is 17.7 Å². The monoisotopic (exact) mass is 336 g/mol. The number of fused-ring (bicyclic) bond motifs is 3. The zero-order chi connectivity index (χ0) is 16.0. The molecule has 2 saturated carbocycles.